The second-order valence-corrected chi connectivity index (χ2v) is 6.21. The first-order chi connectivity index (χ1) is 7.63. The Bertz CT molecular complexity index is 270. The lowest BCUT2D eigenvalue weighted by atomic mass is 9.84. The zero-order valence-corrected chi connectivity index (χ0v) is 10.9. The summed E-state index contributed by atoms with van der Waals surface area (Å²) in [6.45, 7) is 2.06. The van der Waals surface area contributed by atoms with Gasteiger partial charge in [-0.05, 0) is 44.3 Å². The van der Waals surface area contributed by atoms with Crippen LogP contribution in [0.5, 0.6) is 0 Å². The molecule has 0 saturated heterocycles. The minimum Gasteiger partial charge on any atom is -0.353 e. The Hall–Kier alpha value is -0.220. The Morgan fingerprint density at radius 3 is 2.75 bits per heavy atom. The largest absolute Gasteiger partial charge is 0.353 e. The predicted molar refractivity (Wildman–Crippen MR) is 68.3 cm³/mol. The van der Waals surface area contributed by atoms with Crippen molar-refractivity contribution in [3.63, 3.8) is 0 Å². The van der Waals surface area contributed by atoms with Crippen LogP contribution in [0.2, 0.25) is 0 Å². The molecular formula is C12H22N2OS. The number of nitrogens with two attached hydrogens (primary N) is 1. The van der Waals surface area contributed by atoms with Gasteiger partial charge in [-0.2, -0.15) is 11.8 Å². The molecule has 16 heavy (non-hydrogen) atoms. The van der Waals surface area contributed by atoms with Crippen molar-refractivity contribution in [2.75, 3.05) is 12.0 Å². The van der Waals surface area contributed by atoms with Gasteiger partial charge < -0.3 is 11.1 Å². The molecule has 0 heterocycles. The molecule has 3 N–H and O–H groups in total. The quantitative estimate of drug-likeness (QED) is 0.779. The van der Waals surface area contributed by atoms with E-state index in [2.05, 4.69) is 18.5 Å². The highest BCUT2D eigenvalue weighted by Gasteiger charge is 2.49. The summed E-state index contributed by atoms with van der Waals surface area (Å²) in [5.41, 5.74) is 6.15. The second-order valence-electron chi connectivity index (χ2n) is 5.30. The lowest BCUT2D eigenvalue weighted by Crippen LogP contribution is -2.48. The van der Waals surface area contributed by atoms with E-state index in [0.29, 0.717) is 11.8 Å². The van der Waals surface area contributed by atoms with Crippen molar-refractivity contribution < 1.29 is 4.79 Å². The van der Waals surface area contributed by atoms with E-state index >= 15 is 0 Å². The molecule has 2 aliphatic rings. The third-order valence-electron chi connectivity index (χ3n) is 4.09. The highest BCUT2D eigenvalue weighted by molar-refractivity contribution is 7.98. The molecule has 0 spiro atoms. The SMILES string of the molecule is CSCC(C)NC(=O)C1C2CCC(C2)C1N. The predicted octanol–water partition coefficient (Wildman–Crippen LogP) is 1.23. The van der Waals surface area contributed by atoms with Crippen LogP contribution in [0.4, 0.5) is 0 Å². The number of amides is 1. The van der Waals surface area contributed by atoms with Crippen LogP contribution < -0.4 is 11.1 Å². The summed E-state index contributed by atoms with van der Waals surface area (Å²) in [4.78, 5) is 12.1. The molecule has 0 aromatic carbocycles. The Kier molecular flexibility index (Phi) is 3.80. The molecule has 2 aliphatic carbocycles. The van der Waals surface area contributed by atoms with Gasteiger partial charge in [-0.25, -0.2) is 0 Å². The average Bonchev–Trinajstić information content (AvgIpc) is 2.77. The van der Waals surface area contributed by atoms with E-state index in [1.807, 2.05) is 0 Å². The molecule has 4 heteroatoms. The Balaban J connectivity index is 1.90. The third kappa shape index (κ3) is 2.23. The van der Waals surface area contributed by atoms with E-state index in [9.17, 15) is 4.79 Å². The fourth-order valence-electron chi connectivity index (χ4n) is 3.36. The molecule has 2 fully saturated rings. The van der Waals surface area contributed by atoms with Gasteiger partial charge in [-0.3, -0.25) is 4.79 Å². The summed E-state index contributed by atoms with van der Waals surface area (Å²) in [5.74, 6) is 2.42. The van der Waals surface area contributed by atoms with Crippen LogP contribution in [-0.4, -0.2) is 30.0 Å². The molecule has 0 aromatic rings. The molecule has 92 valence electrons. The van der Waals surface area contributed by atoms with Crippen LogP contribution in [0.3, 0.4) is 0 Å². The van der Waals surface area contributed by atoms with Crippen LogP contribution in [-0.2, 0) is 4.79 Å². The van der Waals surface area contributed by atoms with Crippen LogP contribution >= 0.6 is 11.8 Å². The van der Waals surface area contributed by atoms with Crippen LogP contribution in [0.1, 0.15) is 26.2 Å². The van der Waals surface area contributed by atoms with E-state index in [0.717, 1.165) is 5.75 Å². The molecule has 5 atom stereocenters. The lowest BCUT2D eigenvalue weighted by Gasteiger charge is -2.28. The van der Waals surface area contributed by atoms with Gasteiger partial charge in [0.25, 0.3) is 0 Å². The number of thioether (sulfide) groups is 1. The van der Waals surface area contributed by atoms with Crippen molar-refractivity contribution in [1.82, 2.24) is 5.32 Å². The average molecular weight is 242 g/mol. The van der Waals surface area contributed by atoms with Gasteiger partial charge in [0.2, 0.25) is 5.91 Å². The number of carbonyl (C=O) groups is 1. The number of fused-ring (bicyclic) bond motifs is 2. The smallest absolute Gasteiger partial charge is 0.225 e. The normalized spacial score (nSPS) is 38.7. The van der Waals surface area contributed by atoms with Crippen molar-refractivity contribution in [2.24, 2.45) is 23.5 Å². The molecule has 0 aliphatic heterocycles. The van der Waals surface area contributed by atoms with Gasteiger partial charge in [0.1, 0.15) is 0 Å². The standard InChI is InChI=1S/C12H22N2OS/c1-7(6-16-2)14-12(15)10-8-3-4-9(5-8)11(10)13/h7-11H,3-6,13H2,1-2H3,(H,14,15). The van der Waals surface area contributed by atoms with Gasteiger partial charge in [0, 0.05) is 17.8 Å². The molecule has 2 rings (SSSR count). The van der Waals surface area contributed by atoms with E-state index in [1.54, 1.807) is 11.8 Å². The fraction of sp³-hybridized carbons (Fsp3) is 0.917. The summed E-state index contributed by atoms with van der Waals surface area (Å²) in [6.07, 6.45) is 5.67. The van der Waals surface area contributed by atoms with Crippen LogP contribution in [0, 0.1) is 17.8 Å². The molecule has 0 aromatic heterocycles. The van der Waals surface area contributed by atoms with Crippen LogP contribution in [0.25, 0.3) is 0 Å². The van der Waals surface area contributed by atoms with Gasteiger partial charge in [-0.15, -0.1) is 0 Å². The highest BCUT2D eigenvalue weighted by atomic mass is 32.2. The van der Waals surface area contributed by atoms with Crippen molar-refractivity contribution >= 4 is 17.7 Å². The Morgan fingerprint density at radius 2 is 2.19 bits per heavy atom. The number of hydrogen-bond acceptors (Lipinski definition) is 3. The molecule has 5 unspecified atom stereocenters. The minimum atomic E-state index is 0.0862. The molecule has 1 amide bonds. The molecule has 2 saturated carbocycles. The van der Waals surface area contributed by atoms with Crippen molar-refractivity contribution in [2.45, 2.75) is 38.3 Å². The minimum absolute atomic E-state index is 0.0862. The number of hydrogen-bond donors (Lipinski definition) is 2. The van der Waals surface area contributed by atoms with Crippen molar-refractivity contribution in [1.29, 1.82) is 0 Å². The van der Waals surface area contributed by atoms with E-state index in [-0.39, 0.29) is 23.9 Å². The number of rotatable bonds is 4. The lowest BCUT2D eigenvalue weighted by molar-refractivity contribution is -0.127. The number of nitrogens with one attached hydrogen (secondary N) is 1. The summed E-state index contributed by atoms with van der Waals surface area (Å²) in [5, 5.41) is 3.10. The molecule has 2 bridgehead atoms. The van der Waals surface area contributed by atoms with E-state index < -0.39 is 0 Å². The first-order valence-corrected chi connectivity index (χ1v) is 7.57. The topological polar surface area (TPSA) is 55.1 Å². The Morgan fingerprint density at radius 1 is 1.50 bits per heavy atom. The zero-order valence-electron chi connectivity index (χ0n) is 10.1. The summed E-state index contributed by atoms with van der Waals surface area (Å²) < 4.78 is 0. The summed E-state index contributed by atoms with van der Waals surface area (Å²) in [7, 11) is 0. The maximum Gasteiger partial charge on any atom is 0.225 e. The van der Waals surface area contributed by atoms with Gasteiger partial charge >= 0.3 is 0 Å². The van der Waals surface area contributed by atoms with Gasteiger partial charge in [0.15, 0.2) is 0 Å². The van der Waals surface area contributed by atoms with Crippen molar-refractivity contribution in [3.05, 3.63) is 0 Å². The molecule has 3 nitrogen and oxygen atoms in total. The van der Waals surface area contributed by atoms with E-state index in [4.69, 9.17) is 5.73 Å². The van der Waals surface area contributed by atoms with Gasteiger partial charge in [0.05, 0.1) is 5.92 Å². The third-order valence-corrected chi connectivity index (χ3v) is 4.92. The molecular weight excluding hydrogens is 220 g/mol. The maximum atomic E-state index is 12.1. The fourth-order valence-corrected chi connectivity index (χ4v) is 3.94. The second kappa shape index (κ2) is 4.96. The summed E-state index contributed by atoms with van der Waals surface area (Å²) >= 11 is 1.76. The summed E-state index contributed by atoms with van der Waals surface area (Å²) in [6, 6.07) is 0.369. The first-order valence-electron chi connectivity index (χ1n) is 6.18. The molecule has 0 radical (unpaired) electrons. The van der Waals surface area contributed by atoms with Crippen molar-refractivity contribution in [3.8, 4) is 0 Å². The highest BCUT2D eigenvalue weighted by Crippen LogP contribution is 2.47. The van der Waals surface area contributed by atoms with E-state index in [1.165, 1.54) is 19.3 Å². The monoisotopic (exact) mass is 242 g/mol. The maximum absolute atomic E-state index is 12.1. The first kappa shape index (κ1) is 12.2. The van der Waals surface area contributed by atoms with Crippen LogP contribution in [0.15, 0.2) is 0 Å². The number of carbonyl (C=O) groups excluding carboxylic acids is 1. The zero-order chi connectivity index (χ0) is 11.7. The van der Waals surface area contributed by atoms with Gasteiger partial charge in [-0.1, -0.05) is 0 Å². The Labute approximate surface area is 102 Å².